The van der Waals surface area contributed by atoms with Gasteiger partial charge in [-0.3, -0.25) is 9.59 Å². The van der Waals surface area contributed by atoms with Crippen molar-refractivity contribution in [1.29, 1.82) is 0 Å². The Morgan fingerprint density at radius 2 is 1.86 bits per heavy atom. The number of cyclic esters (lactones) is 1. The molecule has 0 N–H and O–H groups in total. The van der Waals surface area contributed by atoms with Gasteiger partial charge in [-0.2, -0.15) is 0 Å². The largest absolute Gasteiger partial charge is 0.468 e. The molecule has 1 aromatic carbocycles. The van der Waals surface area contributed by atoms with Crippen molar-refractivity contribution in [3.05, 3.63) is 35.4 Å². The highest BCUT2D eigenvalue weighted by molar-refractivity contribution is 6.00. The van der Waals surface area contributed by atoms with Gasteiger partial charge in [-0.15, -0.1) is 0 Å². The summed E-state index contributed by atoms with van der Waals surface area (Å²) in [7, 11) is 1.28. The van der Waals surface area contributed by atoms with Crippen molar-refractivity contribution in [2.24, 2.45) is 5.41 Å². The van der Waals surface area contributed by atoms with Crippen molar-refractivity contribution in [2.75, 3.05) is 7.11 Å². The van der Waals surface area contributed by atoms with E-state index >= 15 is 0 Å². The molecular weight excluding hydrogens is 268 g/mol. The van der Waals surface area contributed by atoms with E-state index in [4.69, 9.17) is 9.47 Å². The van der Waals surface area contributed by atoms with E-state index in [0.29, 0.717) is 6.42 Å². The minimum absolute atomic E-state index is 0.0748. The number of benzene rings is 1. The summed E-state index contributed by atoms with van der Waals surface area (Å²) in [5.41, 5.74) is 0.989. The number of carbonyl (C=O) groups excluding carboxylic acids is 2. The van der Waals surface area contributed by atoms with E-state index in [9.17, 15) is 9.59 Å². The van der Waals surface area contributed by atoms with Crippen molar-refractivity contribution < 1.29 is 19.1 Å². The van der Waals surface area contributed by atoms with Crippen molar-refractivity contribution in [3.63, 3.8) is 0 Å². The third kappa shape index (κ3) is 2.80. The number of hydrogen-bond acceptors (Lipinski definition) is 4. The van der Waals surface area contributed by atoms with E-state index in [1.807, 2.05) is 24.3 Å². The van der Waals surface area contributed by atoms with Gasteiger partial charge in [0.25, 0.3) is 0 Å². The molecule has 4 nitrogen and oxygen atoms in total. The van der Waals surface area contributed by atoms with Crippen LogP contribution in [0.1, 0.15) is 51.3 Å². The lowest BCUT2D eigenvalue weighted by Crippen LogP contribution is -2.33. The Morgan fingerprint density at radius 1 is 1.29 bits per heavy atom. The van der Waals surface area contributed by atoms with E-state index < -0.39 is 23.5 Å². The van der Waals surface area contributed by atoms with Gasteiger partial charge < -0.3 is 9.47 Å². The minimum atomic E-state index is -1.21. The molecule has 0 saturated carbocycles. The number of methoxy groups -OCH3 is 1. The van der Waals surface area contributed by atoms with Crippen LogP contribution >= 0.6 is 0 Å². The van der Waals surface area contributed by atoms with Crippen LogP contribution in [-0.2, 0) is 24.5 Å². The molecule has 2 atom stereocenters. The highest BCUT2D eigenvalue weighted by Crippen LogP contribution is 2.42. The fourth-order valence-electron chi connectivity index (χ4n) is 2.53. The predicted octanol–water partition coefficient (Wildman–Crippen LogP) is 3.15. The quantitative estimate of drug-likeness (QED) is 0.620. The second-order valence-corrected chi connectivity index (χ2v) is 6.79. The van der Waals surface area contributed by atoms with Gasteiger partial charge in [0.1, 0.15) is 6.10 Å². The highest BCUT2D eigenvalue weighted by atomic mass is 16.6. The van der Waals surface area contributed by atoms with Gasteiger partial charge in [-0.1, -0.05) is 45.0 Å². The third-order valence-electron chi connectivity index (χ3n) is 4.08. The zero-order chi connectivity index (χ0) is 15.8. The van der Waals surface area contributed by atoms with Crippen molar-refractivity contribution in [2.45, 2.75) is 45.6 Å². The second kappa shape index (κ2) is 5.17. The lowest BCUT2D eigenvalue weighted by atomic mass is 9.84. The summed E-state index contributed by atoms with van der Waals surface area (Å²) >= 11 is 0. The van der Waals surface area contributed by atoms with Crippen molar-refractivity contribution in [3.8, 4) is 0 Å². The molecular formula is C17H22O4. The summed E-state index contributed by atoms with van der Waals surface area (Å²) in [4.78, 5) is 23.8. The summed E-state index contributed by atoms with van der Waals surface area (Å²) in [5.74, 6) is -1.06. The molecule has 21 heavy (non-hydrogen) atoms. The molecule has 0 spiro atoms. The van der Waals surface area contributed by atoms with Crippen LogP contribution in [0.15, 0.2) is 24.3 Å². The van der Waals surface area contributed by atoms with Crippen molar-refractivity contribution >= 4 is 11.9 Å². The maximum absolute atomic E-state index is 12.0. The molecule has 114 valence electrons. The first-order chi connectivity index (χ1) is 9.68. The monoisotopic (exact) mass is 290 g/mol. The topological polar surface area (TPSA) is 52.6 Å². The minimum Gasteiger partial charge on any atom is -0.468 e. The summed E-state index contributed by atoms with van der Waals surface area (Å²) < 4.78 is 10.1. The van der Waals surface area contributed by atoms with Crippen LogP contribution in [0.4, 0.5) is 0 Å². The molecule has 1 saturated heterocycles. The molecule has 0 unspecified atom stereocenters. The number of esters is 2. The number of carbonyl (C=O) groups is 2. The van der Waals surface area contributed by atoms with Crippen molar-refractivity contribution in [1.82, 2.24) is 0 Å². The van der Waals surface area contributed by atoms with Gasteiger partial charge in [0.05, 0.1) is 7.11 Å². The molecule has 1 aliphatic rings. The lowest BCUT2D eigenvalue weighted by molar-refractivity contribution is -0.162. The van der Waals surface area contributed by atoms with E-state index in [-0.39, 0.29) is 5.41 Å². The van der Waals surface area contributed by atoms with Crippen LogP contribution < -0.4 is 0 Å². The van der Waals surface area contributed by atoms with E-state index in [2.05, 4.69) is 20.8 Å². The van der Waals surface area contributed by atoms with E-state index in [1.165, 1.54) is 12.7 Å². The number of ether oxygens (including phenoxy) is 2. The second-order valence-electron chi connectivity index (χ2n) is 6.79. The third-order valence-corrected chi connectivity index (χ3v) is 4.08. The van der Waals surface area contributed by atoms with Crippen LogP contribution in [0.3, 0.4) is 0 Å². The van der Waals surface area contributed by atoms with Crippen LogP contribution in [-0.4, -0.2) is 19.0 Å². The molecule has 0 aliphatic carbocycles. The highest BCUT2D eigenvalue weighted by Gasteiger charge is 2.52. The molecule has 1 aliphatic heterocycles. The summed E-state index contributed by atoms with van der Waals surface area (Å²) in [6.07, 6.45) is -0.0801. The Morgan fingerprint density at radius 3 is 2.33 bits per heavy atom. The molecule has 4 heteroatoms. The zero-order valence-electron chi connectivity index (χ0n) is 13.2. The Hall–Kier alpha value is -1.84. The van der Waals surface area contributed by atoms with Gasteiger partial charge in [0.2, 0.25) is 0 Å². The smallest absolute Gasteiger partial charge is 0.323 e. The molecule has 0 bridgehead atoms. The van der Waals surface area contributed by atoms with Gasteiger partial charge in [0, 0.05) is 6.42 Å². The summed E-state index contributed by atoms with van der Waals surface area (Å²) in [5, 5.41) is 0. The van der Waals surface area contributed by atoms with Crippen LogP contribution in [0, 0.1) is 5.41 Å². The van der Waals surface area contributed by atoms with Crippen LogP contribution in [0.2, 0.25) is 0 Å². The summed E-state index contributed by atoms with van der Waals surface area (Å²) in [6, 6.07) is 8.00. The van der Waals surface area contributed by atoms with Gasteiger partial charge in [0.15, 0.2) is 5.41 Å². The van der Waals surface area contributed by atoms with Gasteiger partial charge >= 0.3 is 11.9 Å². The first-order valence-electron chi connectivity index (χ1n) is 7.08. The Bertz CT molecular complexity index is 553. The average molecular weight is 290 g/mol. The molecule has 1 fully saturated rings. The lowest BCUT2D eigenvalue weighted by Gasteiger charge is -2.20. The molecule has 0 amide bonds. The number of hydrogen-bond donors (Lipinski definition) is 0. The van der Waals surface area contributed by atoms with Crippen LogP contribution in [0.25, 0.3) is 0 Å². The Kier molecular flexibility index (Phi) is 3.83. The Labute approximate surface area is 125 Å². The van der Waals surface area contributed by atoms with Gasteiger partial charge in [-0.25, -0.2) is 0 Å². The van der Waals surface area contributed by atoms with Crippen LogP contribution in [0.5, 0.6) is 0 Å². The van der Waals surface area contributed by atoms with E-state index in [0.717, 1.165) is 5.56 Å². The maximum Gasteiger partial charge on any atom is 0.323 e. The standard InChI is InChI=1S/C17H22O4/c1-16(2,3)12-8-6-11(7-9-12)13-10-17(4,14(18)20-5)15(19)21-13/h6-9,13H,10H2,1-5H3/t13-,17+/m0/s1. The average Bonchev–Trinajstić information content (AvgIpc) is 2.74. The number of rotatable bonds is 2. The summed E-state index contributed by atoms with van der Waals surface area (Å²) in [6.45, 7) is 8.01. The first kappa shape index (κ1) is 15.5. The normalized spacial score (nSPS) is 25.6. The van der Waals surface area contributed by atoms with E-state index in [1.54, 1.807) is 6.92 Å². The zero-order valence-corrected chi connectivity index (χ0v) is 13.2. The Balaban J connectivity index is 2.22. The molecule has 2 rings (SSSR count). The first-order valence-corrected chi connectivity index (χ1v) is 7.08. The molecule has 1 heterocycles. The molecule has 0 aromatic heterocycles. The maximum atomic E-state index is 12.0. The molecule has 1 aromatic rings. The predicted molar refractivity (Wildman–Crippen MR) is 78.7 cm³/mol. The SMILES string of the molecule is COC(=O)[C@@]1(C)C[C@@H](c2ccc(C(C)(C)C)cc2)OC1=O. The molecule has 0 radical (unpaired) electrons. The fraction of sp³-hybridized carbons (Fsp3) is 0.529. The van der Waals surface area contributed by atoms with Gasteiger partial charge in [-0.05, 0) is 23.5 Å². The fourth-order valence-corrected chi connectivity index (χ4v) is 2.53.